The number of benzene rings is 3. The molecule has 1 amide bonds. The molecule has 5 heteroatoms. The second kappa shape index (κ2) is 7.82. The second-order valence-corrected chi connectivity index (χ2v) is 8.78. The summed E-state index contributed by atoms with van der Waals surface area (Å²) in [7, 11) is 0. The van der Waals surface area contributed by atoms with E-state index in [9.17, 15) is 14.7 Å². The predicted molar refractivity (Wildman–Crippen MR) is 121 cm³/mol. The minimum atomic E-state index is -1.90. The fraction of sp³-hybridized carbons (Fsp3) is 0.200. The Balaban J connectivity index is 1.71. The number of carbonyl (C=O) groups excluding carboxylic acids is 2. The molecule has 0 saturated heterocycles. The highest BCUT2D eigenvalue weighted by Gasteiger charge is 2.51. The van der Waals surface area contributed by atoms with Crippen molar-refractivity contribution < 1.29 is 14.7 Å². The van der Waals surface area contributed by atoms with Crippen molar-refractivity contribution in [3.63, 3.8) is 0 Å². The van der Waals surface area contributed by atoms with Crippen LogP contribution in [0.2, 0.25) is 0 Å². The number of fused-ring (bicyclic) bond motifs is 1. The van der Waals surface area contributed by atoms with Crippen molar-refractivity contribution >= 4 is 33.3 Å². The Labute approximate surface area is 184 Å². The maximum atomic E-state index is 13.4. The number of nitrogens with zero attached hydrogens (tertiary/aromatic N) is 1. The van der Waals surface area contributed by atoms with Crippen LogP contribution in [0.5, 0.6) is 0 Å². The molecule has 30 heavy (non-hydrogen) atoms. The summed E-state index contributed by atoms with van der Waals surface area (Å²) in [5.41, 5.74) is 2.77. The Morgan fingerprint density at radius 3 is 2.43 bits per heavy atom. The third kappa shape index (κ3) is 3.71. The first kappa shape index (κ1) is 20.5. The molecule has 1 aliphatic rings. The van der Waals surface area contributed by atoms with Crippen LogP contribution in [-0.2, 0) is 16.9 Å². The lowest BCUT2D eigenvalue weighted by Crippen LogP contribution is -2.41. The van der Waals surface area contributed by atoms with Crippen LogP contribution >= 0.6 is 15.9 Å². The first-order valence-corrected chi connectivity index (χ1v) is 10.6. The Bertz CT molecular complexity index is 1140. The molecule has 0 aromatic heterocycles. The molecule has 4 rings (SSSR count). The summed E-state index contributed by atoms with van der Waals surface area (Å²) < 4.78 is 0.743. The van der Waals surface area contributed by atoms with E-state index in [-0.39, 0.29) is 12.2 Å². The standard InChI is InChI=1S/C25H22BrNO3/c1-16-6-8-19(9-7-16)23(28)14-25(30)21-13-20(26)10-11-22(21)27(24(25)29)15-18-5-3-4-17(2)12-18/h3-13,30H,14-15H2,1-2H3. The van der Waals surface area contributed by atoms with Crippen molar-refractivity contribution in [3.05, 3.63) is 99.0 Å². The van der Waals surface area contributed by atoms with Crippen molar-refractivity contribution in [1.82, 2.24) is 0 Å². The average Bonchev–Trinajstić information content (AvgIpc) is 2.90. The first-order chi connectivity index (χ1) is 14.3. The Kier molecular flexibility index (Phi) is 5.35. The summed E-state index contributed by atoms with van der Waals surface area (Å²) in [6.07, 6.45) is -0.303. The Hall–Kier alpha value is -2.76. The predicted octanol–water partition coefficient (Wildman–Crippen LogP) is 5.07. The summed E-state index contributed by atoms with van der Waals surface area (Å²) in [4.78, 5) is 27.9. The highest BCUT2D eigenvalue weighted by atomic mass is 79.9. The van der Waals surface area contributed by atoms with Crippen LogP contribution in [-0.4, -0.2) is 16.8 Å². The molecule has 4 nitrogen and oxygen atoms in total. The molecular formula is C25H22BrNO3. The van der Waals surface area contributed by atoms with Gasteiger partial charge in [-0.2, -0.15) is 0 Å². The van der Waals surface area contributed by atoms with Crippen LogP contribution < -0.4 is 4.90 Å². The lowest BCUT2D eigenvalue weighted by atomic mass is 9.88. The van der Waals surface area contributed by atoms with Gasteiger partial charge in [0, 0.05) is 15.6 Å². The molecular weight excluding hydrogens is 442 g/mol. The van der Waals surface area contributed by atoms with E-state index in [4.69, 9.17) is 0 Å². The molecule has 1 N–H and O–H groups in total. The molecule has 0 radical (unpaired) electrons. The van der Waals surface area contributed by atoms with Gasteiger partial charge in [0.05, 0.1) is 18.7 Å². The summed E-state index contributed by atoms with van der Waals surface area (Å²) in [6, 6.07) is 20.4. The van der Waals surface area contributed by atoms with Gasteiger partial charge in [-0.05, 0) is 37.6 Å². The van der Waals surface area contributed by atoms with Crippen molar-refractivity contribution in [2.45, 2.75) is 32.4 Å². The molecule has 0 aliphatic carbocycles. The molecule has 1 aliphatic heterocycles. The average molecular weight is 464 g/mol. The number of hydrogen-bond acceptors (Lipinski definition) is 3. The van der Waals surface area contributed by atoms with Gasteiger partial charge in [-0.3, -0.25) is 9.59 Å². The number of halogens is 1. The van der Waals surface area contributed by atoms with Crippen LogP contribution in [0.3, 0.4) is 0 Å². The summed E-state index contributed by atoms with van der Waals surface area (Å²) >= 11 is 3.43. The Morgan fingerprint density at radius 1 is 1.00 bits per heavy atom. The fourth-order valence-corrected chi connectivity index (χ4v) is 4.28. The largest absolute Gasteiger partial charge is 0.375 e. The maximum absolute atomic E-state index is 13.4. The van der Waals surface area contributed by atoms with Crippen LogP contribution in [0, 0.1) is 13.8 Å². The van der Waals surface area contributed by atoms with Gasteiger partial charge in [-0.25, -0.2) is 0 Å². The Morgan fingerprint density at radius 2 is 1.73 bits per heavy atom. The quantitative estimate of drug-likeness (QED) is 0.537. The molecule has 1 unspecified atom stereocenters. The van der Waals surface area contributed by atoms with Crippen molar-refractivity contribution in [1.29, 1.82) is 0 Å². The third-order valence-corrected chi connectivity index (χ3v) is 6.00. The van der Waals surface area contributed by atoms with Gasteiger partial charge in [-0.15, -0.1) is 0 Å². The van der Waals surface area contributed by atoms with E-state index >= 15 is 0 Å². The number of ketones is 1. The molecule has 0 bridgehead atoms. The highest BCUT2D eigenvalue weighted by molar-refractivity contribution is 9.10. The SMILES string of the molecule is Cc1ccc(C(=O)CC2(O)C(=O)N(Cc3cccc(C)c3)c3ccc(Br)cc32)cc1. The monoisotopic (exact) mass is 463 g/mol. The van der Waals surface area contributed by atoms with Gasteiger partial charge in [0.15, 0.2) is 11.4 Å². The molecule has 0 spiro atoms. The summed E-state index contributed by atoms with van der Waals surface area (Å²) in [5.74, 6) is -0.744. The zero-order chi connectivity index (χ0) is 21.5. The van der Waals surface area contributed by atoms with E-state index in [0.717, 1.165) is 21.2 Å². The molecule has 0 saturated carbocycles. The molecule has 152 valence electrons. The minimum absolute atomic E-state index is 0.269. The molecule has 3 aromatic rings. The minimum Gasteiger partial charge on any atom is -0.375 e. The topological polar surface area (TPSA) is 57.6 Å². The van der Waals surface area contributed by atoms with Gasteiger partial charge in [0.1, 0.15) is 0 Å². The fourth-order valence-electron chi connectivity index (χ4n) is 3.92. The van der Waals surface area contributed by atoms with Crippen molar-refractivity contribution in [3.8, 4) is 0 Å². The van der Waals surface area contributed by atoms with Crippen LogP contribution in [0.1, 0.15) is 39.0 Å². The van der Waals surface area contributed by atoms with Crippen molar-refractivity contribution in [2.75, 3.05) is 4.90 Å². The van der Waals surface area contributed by atoms with Crippen molar-refractivity contribution in [2.24, 2.45) is 0 Å². The van der Waals surface area contributed by atoms with E-state index in [1.807, 2.05) is 56.3 Å². The summed E-state index contributed by atoms with van der Waals surface area (Å²) in [6.45, 7) is 4.27. The molecule has 3 aromatic carbocycles. The summed E-state index contributed by atoms with van der Waals surface area (Å²) in [5, 5.41) is 11.5. The van der Waals surface area contributed by atoms with Gasteiger partial charge in [0.2, 0.25) is 0 Å². The number of carbonyl (C=O) groups is 2. The van der Waals surface area contributed by atoms with Crippen LogP contribution in [0.25, 0.3) is 0 Å². The zero-order valence-electron chi connectivity index (χ0n) is 16.9. The number of aryl methyl sites for hydroxylation is 2. The number of amides is 1. The number of aliphatic hydroxyl groups is 1. The van der Waals surface area contributed by atoms with E-state index in [1.165, 1.54) is 0 Å². The molecule has 1 heterocycles. The van der Waals surface area contributed by atoms with E-state index in [2.05, 4.69) is 15.9 Å². The normalized spacial score (nSPS) is 17.9. The van der Waals surface area contributed by atoms with E-state index in [0.29, 0.717) is 23.4 Å². The second-order valence-electron chi connectivity index (χ2n) is 7.87. The highest BCUT2D eigenvalue weighted by Crippen LogP contribution is 2.44. The zero-order valence-corrected chi connectivity index (χ0v) is 18.4. The maximum Gasteiger partial charge on any atom is 0.264 e. The lowest BCUT2D eigenvalue weighted by Gasteiger charge is -2.23. The van der Waals surface area contributed by atoms with Gasteiger partial charge in [-0.1, -0.05) is 75.6 Å². The third-order valence-electron chi connectivity index (χ3n) is 5.51. The smallest absolute Gasteiger partial charge is 0.264 e. The van der Waals surface area contributed by atoms with Crippen LogP contribution in [0.4, 0.5) is 5.69 Å². The molecule has 1 atom stereocenters. The first-order valence-electron chi connectivity index (χ1n) is 9.78. The number of rotatable bonds is 5. The van der Waals surface area contributed by atoms with Gasteiger partial charge in [0.25, 0.3) is 5.91 Å². The number of anilines is 1. The van der Waals surface area contributed by atoms with Gasteiger partial charge >= 0.3 is 0 Å². The van der Waals surface area contributed by atoms with Crippen LogP contribution in [0.15, 0.2) is 71.2 Å². The lowest BCUT2D eigenvalue weighted by molar-refractivity contribution is -0.136. The van der Waals surface area contributed by atoms with E-state index < -0.39 is 11.5 Å². The molecule has 0 fully saturated rings. The number of hydrogen-bond donors (Lipinski definition) is 1. The number of Topliss-reactive ketones (excluding diaryl/α,β-unsaturated/α-hetero) is 1. The van der Waals surface area contributed by atoms with Gasteiger partial charge < -0.3 is 10.0 Å². The van der Waals surface area contributed by atoms with E-state index in [1.54, 1.807) is 29.2 Å².